The number of piperidine rings is 1. The van der Waals surface area contributed by atoms with Crippen molar-refractivity contribution in [2.75, 3.05) is 26.8 Å². The first-order chi connectivity index (χ1) is 15.3. The molecule has 6 nitrogen and oxygen atoms in total. The van der Waals surface area contributed by atoms with Gasteiger partial charge in [0.25, 0.3) is 5.92 Å². The standard InChI is InChI=1S/C22H23F3N4O2S/c1-14-15(12-29(27-14)20-17(30-2)4-3-7-26-20)11-28-8-5-21(6-9-28)19-16(10-18(23)32-19)22(24,25)13-31-21/h3-4,7,10,12H,5-6,8-9,11,13H2,1-2H3. The van der Waals surface area contributed by atoms with Crippen molar-refractivity contribution in [1.29, 1.82) is 0 Å². The van der Waals surface area contributed by atoms with E-state index in [1.165, 1.54) is 0 Å². The van der Waals surface area contributed by atoms with Gasteiger partial charge in [-0.25, -0.2) is 9.67 Å². The average molecular weight is 465 g/mol. The molecule has 2 aliphatic rings. The molecule has 0 atom stereocenters. The summed E-state index contributed by atoms with van der Waals surface area (Å²) < 4.78 is 55.1. The molecule has 1 saturated heterocycles. The fraction of sp³-hybridized carbons (Fsp3) is 0.455. The van der Waals surface area contributed by atoms with Gasteiger partial charge in [0.05, 0.1) is 12.8 Å². The van der Waals surface area contributed by atoms with Crippen LogP contribution in [-0.2, 0) is 22.8 Å². The highest BCUT2D eigenvalue weighted by molar-refractivity contribution is 7.10. The van der Waals surface area contributed by atoms with E-state index in [9.17, 15) is 13.2 Å². The number of pyridine rings is 1. The van der Waals surface area contributed by atoms with Gasteiger partial charge in [0.15, 0.2) is 16.7 Å². The van der Waals surface area contributed by atoms with Gasteiger partial charge in [-0.05, 0) is 38.0 Å². The Morgan fingerprint density at radius 1 is 1.28 bits per heavy atom. The van der Waals surface area contributed by atoms with Gasteiger partial charge < -0.3 is 9.47 Å². The fourth-order valence-electron chi connectivity index (χ4n) is 4.50. The maximum atomic E-state index is 14.2. The van der Waals surface area contributed by atoms with Crippen molar-refractivity contribution in [2.45, 2.75) is 37.8 Å². The van der Waals surface area contributed by atoms with Gasteiger partial charge >= 0.3 is 0 Å². The van der Waals surface area contributed by atoms with E-state index < -0.39 is 23.3 Å². The number of rotatable bonds is 4. The van der Waals surface area contributed by atoms with Crippen LogP contribution >= 0.6 is 11.3 Å². The van der Waals surface area contributed by atoms with Gasteiger partial charge in [-0.2, -0.15) is 18.3 Å². The first-order valence-electron chi connectivity index (χ1n) is 10.4. The van der Waals surface area contributed by atoms with E-state index >= 15 is 0 Å². The molecule has 1 spiro atoms. The van der Waals surface area contributed by atoms with Gasteiger partial charge in [-0.15, -0.1) is 11.3 Å². The van der Waals surface area contributed by atoms with Gasteiger partial charge in [-0.3, -0.25) is 4.90 Å². The third-order valence-corrected chi connectivity index (χ3v) is 7.39. The van der Waals surface area contributed by atoms with Crippen LogP contribution < -0.4 is 4.74 Å². The van der Waals surface area contributed by atoms with Crippen molar-refractivity contribution in [1.82, 2.24) is 19.7 Å². The van der Waals surface area contributed by atoms with Crippen LogP contribution in [0.25, 0.3) is 5.82 Å². The lowest BCUT2D eigenvalue weighted by Crippen LogP contribution is -2.48. The van der Waals surface area contributed by atoms with E-state index in [-0.39, 0.29) is 5.56 Å². The summed E-state index contributed by atoms with van der Waals surface area (Å²) in [5.41, 5.74) is 0.895. The molecule has 10 heteroatoms. The molecule has 2 aliphatic heterocycles. The number of ether oxygens (including phenoxy) is 2. The van der Waals surface area contributed by atoms with E-state index in [4.69, 9.17) is 9.47 Å². The Kier molecular flexibility index (Phi) is 5.26. The second-order valence-electron chi connectivity index (χ2n) is 8.27. The minimum absolute atomic E-state index is 0.207. The molecule has 3 aromatic rings. The predicted octanol–water partition coefficient (Wildman–Crippen LogP) is 4.40. The monoisotopic (exact) mass is 464 g/mol. The van der Waals surface area contributed by atoms with Gasteiger partial charge in [0.2, 0.25) is 0 Å². The number of likely N-dealkylation sites (tertiary alicyclic amines) is 1. The average Bonchev–Trinajstić information content (AvgIpc) is 3.37. The van der Waals surface area contributed by atoms with Gasteiger partial charge in [0.1, 0.15) is 12.2 Å². The summed E-state index contributed by atoms with van der Waals surface area (Å²) in [5, 5.41) is 4.00. The van der Waals surface area contributed by atoms with Gasteiger partial charge in [0, 0.05) is 48.0 Å². The van der Waals surface area contributed by atoms with Crippen LogP contribution in [0, 0.1) is 12.1 Å². The van der Waals surface area contributed by atoms with E-state index in [0.29, 0.717) is 48.9 Å². The highest BCUT2D eigenvalue weighted by Crippen LogP contribution is 2.51. The zero-order chi connectivity index (χ0) is 22.5. The maximum absolute atomic E-state index is 14.2. The molecular formula is C22H23F3N4O2S. The summed E-state index contributed by atoms with van der Waals surface area (Å²) >= 11 is 0.788. The third-order valence-electron chi connectivity index (χ3n) is 6.29. The second kappa shape index (κ2) is 7.86. The molecule has 0 bridgehead atoms. The van der Waals surface area contributed by atoms with Crippen LogP contribution in [-0.4, -0.2) is 46.5 Å². The molecule has 0 radical (unpaired) electrons. The van der Waals surface area contributed by atoms with Crippen molar-refractivity contribution >= 4 is 11.3 Å². The number of fused-ring (bicyclic) bond motifs is 2. The van der Waals surface area contributed by atoms with Crippen LogP contribution in [0.5, 0.6) is 5.75 Å². The number of methoxy groups -OCH3 is 1. The summed E-state index contributed by atoms with van der Waals surface area (Å²) in [5.74, 6) is -1.89. The first-order valence-corrected chi connectivity index (χ1v) is 11.2. The topological polar surface area (TPSA) is 52.4 Å². The Morgan fingerprint density at radius 2 is 2.06 bits per heavy atom. The molecule has 170 valence electrons. The molecule has 0 saturated carbocycles. The lowest BCUT2D eigenvalue weighted by Gasteiger charge is -2.45. The third kappa shape index (κ3) is 3.60. The van der Waals surface area contributed by atoms with Crippen LogP contribution in [0.3, 0.4) is 0 Å². The minimum Gasteiger partial charge on any atom is -0.493 e. The van der Waals surface area contributed by atoms with Crippen LogP contribution in [0.1, 0.15) is 34.5 Å². The Labute approximate surface area is 187 Å². The summed E-state index contributed by atoms with van der Waals surface area (Å²) in [6, 6.07) is 4.61. The smallest absolute Gasteiger partial charge is 0.297 e. The fourth-order valence-corrected chi connectivity index (χ4v) is 5.64. The lowest BCUT2D eigenvalue weighted by molar-refractivity contribution is -0.182. The zero-order valence-corrected chi connectivity index (χ0v) is 18.6. The van der Waals surface area contributed by atoms with Crippen LogP contribution in [0.2, 0.25) is 0 Å². The molecular weight excluding hydrogens is 441 g/mol. The summed E-state index contributed by atoms with van der Waals surface area (Å²) in [4.78, 5) is 6.96. The molecule has 0 aliphatic carbocycles. The molecule has 3 aromatic heterocycles. The molecule has 32 heavy (non-hydrogen) atoms. The Hall–Kier alpha value is -2.43. The van der Waals surface area contributed by atoms with Crippen molar-refractivity contribution in [3.05, 3.63) is 57.4 Å². The number of nitrogens with zero attached hydrogens (tertiary/aromatic N) is 4. The van der Waals surface area contributed by atoms with E-state index in [0.717, 1.165) is 28.7 Å². The van der Waals surface area contributed by atoms with E-state index in [2.05, 4.69) is 15.0 Å². The van der Waals surface area contributed by atoms with E-state index in [1.54, 1.807) is 24.1 Å². The van der Waals surface area contributed by atoms with Crippen molar-refractivity contribution < 1.29 is 22.6 Å². The molecule has 0 aromatic carbocycles. The number of hydrogen-bond donors (Lipinski definition) is 0. The summed E-state index contributed by atoms with van der Waals surface area (Å²) in [7, 11) is 1.59. The Bertz CT molecular complexity index is 1140. The Balaban J connectivity index is 1.32. The largest absolute Gasteiger partial charge is 0.493 e. The van der Waals surface area contributed by atoms with Crippen molar-refractivity contribution in [2.24, 2.45) is 0 Å². The van der Waals surface area contributed by atoms with Crippen LogP contribution in [0.4, 0.5) is 13.2 Å². The molecule has 1 fully saturated rings. The molecule has 5 rings (SSSR count). The normalized spacial score (nSPS) is 19.8. The predicted molar refractivity (Wildman–Crippen MR) is 113 cm³/mol. The number of aromatic nitrogens is 3. The minimum atomic E-state index is -3.14. The van der Waals surface area contributed by atoms with E-state index in [1.807, 2.05) is 19.2 Å². The number of hydrogen-bond acceptors (Lipinski definition) is 6. The van der Waals surface area contributed by atoms with Crippen molar-refractivity contribution in [3.8, 4) is 11.6 Å². The first kappa shape index (κ1) is 21.4. The summed E-state index contributed by atoms with van der Waals surface area (Å²) in [6.07, 6.45) is 4.71. The van der Waals surface area contributed by atoms with Gasteiger partial charge in [-0.1, -0.05) is 0 Å². The maximum Gasteiger partial charge on any atom is 0.297 e. The second-order valence-corrected chi connectivity index (χ2v) is 9.27. The molecule has 0 unspecified atom stereocenters. The summed E-state index contributed by atoms with van der Waals surface area (Å²) in [6.45, 7) is 3.22. The number of aryl methyl sites for hydroxylation is 1. The molecule has 5 heterocycles. The van der Waals surface area contributed by atoms with Crippen molar-refractivity contribution in [3.63, 3.8) is 0 Å². The highest BCUT2D eigenvalue weighted by atomic mass is 32.1. The molecule has 0 N–H and O–H groups in total. The molecule has 0 amide bonds. The quantitative estimate of drug-likeness (QED) is 0.573. The number of halogens is 3. The SMILES string of the molecule is COc1cccnc1-n1cc(CN2CCC3(CC2)OCC(F)(F)c2cc(F)sc23)c(C)n1. The van der Waals surface area contributed by atoms with Crippen LogP contribution in [0.15, 0.2) is 30.6 Å². The highest BCUT2D eigenvalue weighted by Gasteiger charge is 2.51. The number of thiophene rings is 1. The lowest BCUT2D eigenvalue weighted by atomic mass is 9.84. The Morgan fingerprint density at radius 3 is 2.81 bits per heavy atom. The number of alkyl halides is 2. The zero-order valence-electron chi connectivity index (χ0n) is 17.8.